The van der Waals surface area contributed by atoms with Gasteiger partial charge in [-0.3, -0.25) is 0 Å². The first-order valence-electron chi connectivity index (χ1n) is 46.7. The molecule has 0 saturated carbocycles. The second-order valence-electron chi connectivity index (χ2n) is 36.1. The number of hydrogen-bond acceptors (Lipinski definition) is 5. The van der Waals surface area contributed by atoms with Gasteiger partial charge in [-0.1, -0.05) is 288 Å². The fourth-order valence-corrected chi connectivity index (χ4v) is 23.8. The second kappa shape index (κ2) is 31.8. The Labute approximate surface area is 746 Å². The van der Waals surface area contributed by atoms with Gasteiger partial charge in [0, 0.05) is 77.3 Å². The monoisotopic (exact) mass is 1640 g/mol. The van der Waals surface area contributed by atoms with E-state index in [0.29, 0.717) is 0 Å². The van der Waals surface area contributed by atoms with Gasteiger partial charge < -0.3 is 19.6 Å². The predicted molar refractivity (Wildman–Crippen MR) is 549 cm³/mol. The summed E-state index contributed by atoms with van der Waals surface area (Å²) in [5.41, 5.74) is 38.8. The van der Waals surface area contributed by atoms with E-state index >= 15 is 0 Å². The molecule has 0 bridgehead atoms. The molecule has 0 N–H and O–H groups in total. The van der Waals surface area contributed by atoms with Crippen molar-refractivity contribution in [1.29, 1.82) is 0 Å². The van der Waals surface area contributed by atoms with Gasteiger partial charge >= 0.3 is 0 Å². The van der Waals surface area contributed by atoms with Crippen LogP contribution in [0.25, 0.3) is 108 Å². The minimum Gasteiger partial charge on any atom is -0.311 e. The van der Waals surface area contributed by atoms with Crippen molar-refractivity contribution in [2.24, 2.45) is 0 Å². The molecule has 4 aliphatic heterocycles. The Kier molecular flexibility index (Phi) is 19.6. The maximum Gasteiger partial charge on any atom is 0.264 e. The summed E-state index contributed by atoms with van der Waals surface area (Å²) >= 11 is 2.01. The minimum atomic E-state index is 0.0482. The molecule has 0 aliphatic carbocycles. The van der Waals surface area contributed by atoms with Crippen LogP contribution >= 0.6 is 11.3 Å². The van der Waals surface area contributed by atoms with Gasteiger partial charge in [0.1, 0.15) is 0 Å². The Bertz CT molecular complexity index is 7590. The first-order valence-corrected chi connectivity index (χ1v) is 47.6. The van der Waals surface area contributed by atoms with Gasteiger partial charge in [-0.25, -0.2) is 0 Å². The molecule has 19 aromatic rings. The zero-order chi connectivity index (χ0) is 84.5. The van der Waals surface area contributed by atoms with Gasteiger partial charge in [0.15, 0.2) is 0 Å². The molecule has 126 heavy (non-hydrogen) atoms. The zero-order valence-electron chi connectivity index (χ0n) is 73.4. The van der Waals surface area contributed by atoms with Crippen LogP contribution in [0.2, 0.25) is 0 Å². The molecular weight excluding hydrogens is 1540 g/mol. The van der Waals surface area contributed by atoms with Crippen LogP contribution in [0.3, 0.4) is 0 Å². The standard InChI is InChI=1S/C119H102B2N4S/c1-8-21-75-36-51-87(52-37-75)122-108-62-41-79(25-12-5)68-104(108)120-105-69-80(26-13-6)42-63-109(105)123(112-33-19-32-111(122)116(112)120)88-55-45-82(46-56-88)83-47-57-94-90-28-15-16-29-91(90)100-73-85(49-59-97(100)101(94)71-83)84-48-58-95-96-60-50-86(74-102(96)93-31-18-17-30-92(93)99(95)72-84)98-66-77(23-10-3)40-61-107(98)125-110-64-43-81(27-14-7)70-106(110)121-117-113(34-20-35-114(117)125)124(89-53-38-76(22-9-2)39-54-89)118-103-67-78(24-11-4)44-65-115(103)126-119(118)121/h15-20,28-74H,8-14,21-27H2,1-7H3. The van der Waals surface area contributed by atoms with Crippen molar-refractivity contribution in [2.45, 2.75) is 138 Å². The van der Waals surface area contributed by atoms with E-state index < -0.39 is 0 Å². The van der Waals surface area contributed by atoms with E-state index in [1.807, 2.05) is 11.3 Å². The number of fused-ring (bicyclic) bond motifs is 22. The fourth-order valence-electron chi connectivity index (χ4n) is 22.5. The average molecular weight is 1640 g/mol. The molecule has 18 aromatic carbocycles. The number of anilines is 12. The van der Waals surface area contributed by atoms with E-state index in [-0.39, 0.29) is 13.4 Å². The smallest absolute Gasteiger partial charge is 0.264 e. The summed E-state index contributed by atoms with van der Waals surface area (Å²) in [7, 11) is 0. The summed E-state index contributed by atoms with van der Waals surface area (Å²) in [4.78, 5) is 10.4. The Morgan fingerprint density at radius 3 is 1.00 bits per heavy atom. The van der Waals surface area contributed by atoms with Crippen molar-refractivity contribution in [1.82, 2.24) is 0 Å². The molecule has 0 radical (unpaired) electrons. The van der Waals surface area contributed by atoms with Crippen molar-refractivity contribution in [3.05, 3.63) is 360 Å². The van der Waals surface area contributed by atoms with Gasteiger partial charge in [-0.2, -0.15) is 0 Å². The topological polar surface area (TPSA) is 13.0 Å². The van der Waals surface area contributed by atoms with Crippen molar-refractivity contribution >= 4 is 200 Å². The molecule has 0 unspecified atom stereocenters. The molecule has 0 fully saturated rings. The Hall–Kier alpha value is -13.2. The highest BCUT2D eigenvalue weighted by atomic mass is 32.1. The first kappa shape index (κ1) is 77.6. The lowest BCUT2D eigenvalue weighted by atomic mass is 9.33. The predicted octanol–water partition coefficient (Wildman–Crippen LogP) is 29.7. The largest absolute Gasteiger partial charge is 0.311 e. The highest BCUT2D eigenvalue weighted by Crippen LogP contribution is 2.53. The summed E-state index contributed by atoms with van der Waals surface area (Å²) in [6, 6.07) is 127. The number of rotatable bonds is 21. The van der Waals surface area contributed by atoms with Gasteiger partial charge in [0.2, 0.25) is 0 Å². The Morgan fingerprint density at radius 2 is 0.532 bits per heavy atom. The summed E-state index contributed by atoms with van der Waals surface area (Å²) in [5, 5.41) is 16.5. The van der Waals surface area contributed by atoms with Gasteiger partial charge in [0.25, 0.3) is 13.4 Å². The molecule has 4 nitrogen and oxygen atoms in total. The molecular formula is C119H102B2N4S. The van der Waals surface area contributed by atoms with Crippen molar-refractivity contribution in [3.63, 3.8) is 0 Å². The van der Waals surface area contributed by atoms with Gasteiger partial charge in [0.05, 0.1) is 11.4 Å². The first-order chi connectivity index (χ1) is 62.2. The van der Waals surface area contributed by atoms with E-state index in [1.54, 1.807) is 0 Å². The van der Waals surface area contributed by atoms with E-state index in [4.69, 9.17) is 0 Å². The van der Waals surface area contributed by atoms with Crippen LogP contribution in [0.5, 0.6) is 0 Å². The van der Waals surface area contributed by atoms with Crippen LogP contribution in [-0.2, 0) is 44.9 Å². The lowest BCUT2D eigenvalue weighted by Crippen LogP contribution is -2.61. The third-order valence-electron chi connectivity index (χ3n) is 28.1. The third kappa shape index (κ3) is 12.7. The zero-order valence-corrected chi connectivity index (χ0v) is 74.2. The summed E-state index contributed by atoms with van der Waals surface area (Å²) < 4.78 is 2.78. The number of thiophene rings is 1. The van der Waals surface area contributed by atoms with Crippen LogP contribution in [0.4, 0.5) is 68.2 Å². The maximum absolute atomic E-state index is 2.66. The van der Waals surface area contributed by atoms with Gasteiger partial charge in [-0.05, 0) is 331 Å². The van der Waals surface area contributed by atoms with E-state index in [0.717, 1.165) is 95.6 Å². The normalized spacial score (nSPS) is 13.1. The van der Waals surface area contributed by atoms with Gasteiger partial charge in [-0.15, -0.1) is 11.3 Å². The molecule has 0 spiro atoms. The van der Waals surface area contributed by atoms with Crippen LogP contribution in [-0.4, -0.2) is 13.4 Å². The molecule has 23 rings (SSSR count). The molecule has 0 atom stereocenters. The van der Waals surface area contributed by atoms with Crippen LogP contribution in [0.15, 0.2) is 322 Å². The highest BCUT2D eigenvalue weighted by molar-refractivity contribution is 7.33. The van der Waals surface area contributed by atoms with E-state index in [1.165, 1.54) is 242 Å². The maximum atomic E-state index is 2.66. The van der Waals surface area contributed by atoms with E-state index in [2.05, 4.69) is 390 Å². The Balaban J connectivity index is 0.614. The molecule has 1 aromatic heterocycles. The molecule has 7 heteroatoms. The lowest BCUT2D eigenvalue weighted by molar-refractivity contribution is 0.921. The SMILES string of the molecule is CCCc1ccc(N2c3ccc(CCC)cc3B3c4cc(CCC)ccc4N(c4ccc(-c5ccc6c7ccccc7c7cc(-c8ccc9c%10ccc(-c%11cc(CCC)ccc%11N%11c%12ccc(CCC)cc%12B%12c%13sc%14ccc(CCC)cc%14c%13N(c%13ccc(CCC)cc%13)c%13cccc%11c%13%12)cc%10c%10ccccc%10c9c8)ccc7c6c5)cc4)c4cccc2c43)cc1. The number of benzene rings is 18. The van der Waals surface area contributed by atoms with Crippen molar-refractivity contribution in [2.75, 3.05) is 19.6 Å². The average Bonchev–Trinajstić information content (AvgIpc) is 1.18. The quantitative estimate of drug-likeness (QED) is 0.0525. The van der Waals surface area contributed by atoms with Crippen LogP contribution < -0.4 is 51.7 Å². The van der Waals surface area contributed by atoms with Crippen molar-refractivity contribution < 1.29 is 0 Å². The summed E-state index contributed by atoms with van der Waals surface area (Å²) in [6.45, 7) is 16.2. The number of nitrogens with zero attached hydrogens (tertiary/aromatic N) is 4. The molecule has 0 saturated heterocycles. The molecule has 4 aliphatic rings. The van der Waals surface area contributed by atoms with Crippen molar-refractivity contribution in [3.8, 4) is 33.4 Å². The van der Waals surface area contributed by atoms with Crippen LogP contribution in [0, 0.1) is 0 Å². The Morgan fingerprint density at radius 1 is 0.214 bits per heavy atom. The molecule has 610 valence electrons. The number of aryl methyl sites for hydroxylation is 7. The summed E-state index contributed by atoms with van der Waals surface area (Å²) in [6.07, 6.45) is 15.0. The van der Waals surface area contributed by atoms with E-state index in [9.17, 15) is 0 Å². The number of hydrogen-bond donors (Lipinski definition) is 0. The molecule has 5 heterocycles. The lowest BCUT2D eigenvalue weighted by Gasteiger charge is -2.44. The molecule has 0 amide bonds. The minimum absolute atomic E-state index is 0.0482. The van der Waals surface area contributed by atoms with Crippen LogP contribution in [0.1, 0.15) is 132 Å². The third-order valence-corrected chi connectivity index (χ3v) is 29.3. The summed E-state index contributed by atoms with van der Waals surface area (Å²) in [5.74, 6) is 0. The highest BCUT2D eigenvalue weighted by Gasteiger charge is 2.47. The fraction of sp³-hybridized carbons (Fsp3) is 0.176. The second-order valence-corrected chi connectivity index (χ2v) is 37.2.